The Balaban J connectivity index is 2.49. The molecular formula is C15H29N3. The van der Waals surface area contributed by atoms with E-state index >= 15 is 0 Å². The van der Waals surface area contributed by atoms with E-state index in [4.69, 9.17) is 5.73 Å². The molecule has 1 unspecified atom stereocenters. The van der Waals surface area contributed by atoms with Gasteiger partial charge in [0.15, 0.2) is 0 Å². The molecule has 1 aromatic heterocycles. The second-order valence-corrected chi connectivity index (χ2v) is 5.49. The first-order valence-corrected chi connectivity index (χ1v) is 7.24. The number of aryl methyl sites for hydroxylation is 2. The molecule has 0 spiro atoms. The summed E-state index contributed by atoms with van der Waals surface area (Å²) in [5.41, 5.74) is 10.1. The minimum atomic E-state index is 0.328. The van der Waals surface area contributed by atoms with Crippen LogP contribution < -0.4 is 5.73 Å². The minimum absolute atomic E-state index is 0.328. The van der Waals surface area contributed by atoms with E-state index < -0.39 is 0 Å². The first kappa shape index (κ1) is 15.2. The van der Waals surface area contributed by atoms with Crippen LogP contribution in [0, 0.1) is 19.8 Å². The Morgan fingerprint density at radius 1 is 1.22 bits per heavy atom. The van der Waals surface area contributed by atoms with Crippen molar-refractivity contribution in [2.24, 2.45) is 18.7 Å². The highest BCUT2D eigenvalue weighted by molar-refractivity contribution is 5.24. The Morgan fingerprint density at radius 3 is 2.28 bits per heavy atom. The normalized spacial score (nSPS) is 13.3. The monoisotopic (exact) mass is 251 g/mol. The molecule has 1 aromatic rings. The maximum absolute atomic E-state index is 6.25. The van der Waals surface area contributed by atoms with Crippen LogP contribution in [0.1, 0.15) is 56.5 Å². The number of hydrogen-bond donors (Lipinski definition) is 1. The Labute approximate surface area is 112 Å². The van der Waals surface area contributed by atoms with Crippen LogP contribution in [0.4, 0.5) is 0 Å². The highest BCUT2D eigenvalue weighted by Gasteiger charge is 2.13. The number of rotatable bonds is 7. The van der Waals surface area contributed by atoms with Crippen molar-refractivity contribution in [3.63, 3.8) is 0 Å². The number of hydrogen-bond acceptors (Lipinski definition) is 2. The Kier molecular flexibility index (Phi) is 5.86. The average Bonchev–Trinajstić information content (AvgIpc) is 2.58. The zero-order valence-corrected chi connectivity index (χ0v) is 12.7. The van der Waals surface area contributed by atoms with Gasteiger partial charge in [-0.2, -0.15) is 5.10 Å². The van der Waals surface area contributed by atoms with Gasteiger partial charge in [0.1, 0.15) is 0 Å². The van der Waals surface area contributed by atoms with Gasteiger partial charge in [-0.05, 0) is 44.6 Å². The van der Waals surface area contributed by atoms with Crippen molar-refractivity contribution >= 4 is 0 Å². The predicted molar refractivity (Wildman–Crippen MR) is 77.7 cm³/mol. The molecule has 104 valence electrons. The van der Waals surface area contributed by atoms with E-state index in [9.17, 15) is 0 Å². The van der Waals surface area contributed by atoms with Crippen LogP contribution in [0.3, 0.4) is 0 Å². The summed E-state index contributed by atoms with van der Waals surface area (Å²) in [6.45, 7) is 8.75. The quantitative estimate of drug-likeness (QED) is 0.809. The van der Waals surface area contributed by atoms with Gasteiger partial charge in [-0.3, -0.25) is 4.68 Å². The van der Waals surface area contributed by atoms with Gasteiger partial charge >= 0.3 is 0 Å². The van der Waals surface area contributed by atoms with E-state index in [0.717, 1.165) is 30.9 Å². The maximum atomic E-state index is 6.25. The van der Waals surface area contributed by atoms with Crippen LogP contribution in [0.15, 0.2) is 0 Å². The summed E-state index contributed by atoms with van der Waals surface area (Å²) < 4.78 is 1.97. The van der Waals surface area contributed by atoms with Gasteiger partial charge in [-0.15, -0.1) is 0 Å². The maximum Gasteiger partial charge on any atom is 0.0628 e. The molecule has 0 amide bonds. The smallest absolute Gasteiger partial charge is 0.0628 e. The van der Waals surface area contributed by atoms with Crippen LogP contribution in [-0.2, 0) is 13.5 Å². The van der Waals surface area contributed by atoms with Crippen molar-refractivity contribution in [1.82, 2.24) is 9.78 Å². The summed E-state index contributed by atoms with van der Waals surface area (Å²) in [6, 6.07) is 0.328. The molecule has 0 aliphatic carbocycles. The second kappa shape index (κ2) is 6.93. The first-order valence-electron chi connectivity index (χ1n) is 7.24. The Morgan fingerprint density at radius 2 is 1.83 bits per heavy atom. The molecule has 3 nitrogen and oxygen atoms in total. The molecule has 1 atom stereocenters. The van der Waals surface area contributed by atoms with Gasteiger partial charge in [0.2, 0.25) is 0 Å². The molecular weight excluding hydrogens is 222 g/mol. The van der Waals surface area contributed by atoms with Gasteiger partial charge < -0.3 is 5.73 Å². The fourth-order valence-electron chi connectivity index (χ4n) is 2.68. The molecule has 0 aliphatic heterocycles. The molecule has 0 saturated heterocycles. The molecule has 18 heavy (non-hydrogen) atoms. The highest BCUT2D eigenvalue weighted by atomic mass is 15.3. The summed E-state index contributed by atoms with van der Waals surface area (Å²) >= 11 is 0. The summed E-state index contributed by atoms with van der Waals surface area (Å²) in [5.74, 6) is 0.788. The van der Waals surface area contributed by atoms with E-state index in [1.165, 1.54) is 24.1 Å². The minimum Gasteiger partial charge on any atom is -0.328 e. The van der Waals surface area contributed by atoms with E-state index in [-0.39, 0.29) is 0 Å². The second-order valence-electron chi connectivity index (χ2n) is 5.49. The van der Waals surface area contributed by atoms with Crippen molar-refractivity contribution in [1.29, 1.82) is 0 Å². The van der Waals surface area contributed by atoms with Gasteiger partial charge in [0.05, 0.1) is 5.69 Å². The SMILES string of the molecule is CCC(CC)CC(N)CCc1c(C)nn(C)c1C. The topological polar surface area (TPSA) is 43.8 Å². The van der Waals surface area contributed by atoms with Crippen LogP contribution in [0.2, 0.25) is 0 Å². The van der Waals surface area contributed by atoms with Crippen LogP contribution >= 0.6 is 0 Å². The molecule has 1 rings (SSSR count). The third kappa shape index (κ3) is 3.84. The van der Waals surface area contributed by atoms with Crippen LogP contribution in [0.25, 0.3) is 0 Å². The highest BCUT2D eigenvalue weighted by Crippen LogP contribution is 2.19. The Hall–Kier alpha value is -0.830. The lowest BCUT2D eigenvalue weighted by Crippen LogP contribution is -2.24. The summed E-state index contributed by atoms with van der Waals surface area (Å²) in [6.07, 6.45) is 5.78. The standard InChI is InChI=1S/C15H29N3/c1-6-13(7-2)10-14(16)8-9-15-11(3)17-18(5)12(15)4/h13-14H,6-10,16H2,1-5H3. The predicted octanol–water partition coefficient (Wildman–Crippen LogP) is 3.12. The lowest BCUT2D eigenvalue weighted by atomic mass is 9.92. The molecule has 0 saturated carbocycles. The molecule has 2 N–H and O–H groups in total. The van der Waals surface area contributed by atoms with Gasteiger partial charge in [0.25, 0.3) is 0 Å². The van der Waals surface area contributed by atoms with Gasteiger partial charge in [0, 0.05) is 18.8 Å². The van der Waals surface area contributed by atoms with E-state index in [1.54, 1.807) is 0 Å². The number of nitrogens with zero attached hydrogens (tertiary/aromatic N) is 2. The zero-order chi connectivity index (χ0) is 13.7. The molecule has 0 fully saturated rings. The molecule has 0 bridgehead atoms. The summed E-state index contributed by atoms with van der Waals surface area (Å²) in [7, 11) is 2.01. The third-order valence-electron chi connectivity index (χ3n) is 4.21. The summed E-state index contributed by atoms with van der Waals surface area (Å²) in [4.78, 5) is 0. The van der Waals surface area contributed by atoms with Crippen molar-refractivity contribution in [2.75, 3.05) is 0 Å². The molecule has 0 aromatic carbocycles. The van der Waals surface area contributed by atoms with Crippen molar-refractivity contribution in [3.05, 3.63) is 17.0 Å². The van der Waals surface area contributed by atoms with Crippen molar-refractivity contribution < 1.29 is 0 Å². The first-order chi connectivity index (χ1) is 8.49. The van der Waals surface area contributed by atoms with E-state index in [0.29, 0.717) is 6.04 Å². The van der Waals surface area contributed by atoms with Crippen LogP contribution in [0.5, 0.6) is 0 Å². The summed E-state index contributed by atoms with van der Waals surface area (Å²) in [5, 5.41) is 4.46. The average molecular weight is 251 g/mol. The van der Waals surface area contributed by atoms with E-state index in [1.807, 2.05) is 11.7 Å². The largest absolute Gasteiger partial charge is 0.328 e. The van der Waals surface area contributed by atoms with Crippen LogP contribution in [-0.4, -0.2) is 15.8 Å². The fraction of sp³-hybridized carbons (Fsp3) is 0.800. The fourth-order valence-corrected chi connectivity index (χ4v) is 2.68. The van der Waals surface area contributed by atoms with Crippen molar-refractivity contribution in [3.8, 4) is 0 Å². The Bertz CT molecular complexity index is 364. The van der Waals surface area contributed by atoms with Gasteiger partial charge in [-0.1, -0.05) is 26.7 Å². The molecule has 0 radical (unpaired) electrons. The number of nitrogens with two attached hydrogens (primary N) is 1. The zero-order valence-electron chi connectivity index (χ0n) is 12.7. The van der Waals surface area contributed by atoms with E-state index in [2.05, 4.69) is 32.8 Å². The molecule has 0 aliphatic rings. The third-order valence-corrected chi connectivity index (χ3v) is 4.21. The number of aromatic nitrogens is 2. The molecule has 3 heteroatoms. The van der Waals surface area contributed by atoms with Gasteiger partial charge in [-0.25, -0.2) is 0 Å². The lowest BCUT2D eigenvalue weighted by molar-refractivity contribution is 0.397. The molecule has 1 heterocycles. The lowest BCUT2D eigenvalue weighted by Gasteiger charge is -2.18. The van der Waals surface area contributed by atoms with Crippen molar-refractivity contribution in [2.45, 2.75) is 65.8 Å².